The molecule has 0 amide bonds. The van der Waals surface area contributed by atoms with E-state index < -0.39 is 50.4 Å². The second-order valence-electron chi connectivity index (χ2n) is 4.45. The van der Waals surface area contributed by atoms with Gasteiger partial charge in [-0.3, -0.25) is 23.4 Å². The number of hydrogen-bond acceptors (Lipinski definition) is 7. The van der Waals surface area contributed by atoms with Gasteiger partial charge in [-0.2, -0.15) is 0 Å². The number of ether oxygens (including phenoxy) is 2. The van der Waals surface area contributed by atoms with Crippen LogP contribution in [0.25, 0.3) is 0 Å². The van der Waals surface area contributed by atoms with Crippen LogP contribution in [0.4, 0.5) is 4.39 Å². The molecule has 0 spiro atoms. The number of nitrogens with one attached hydrogen (secondary N) is 1. The molecular formula is C10H14FN2O8P. The molecule has 0 aliphatic carbocycles. The Morgan fingerprint density at radius 1 is 1.59 bits per heavy atom. The van der Waals surface area contributed by atoms with Crippen molar-refractivity contribution in [3.8, 4) is 0 Å². The maximum atomic E-state index is 14.5. The molecule has 1 aliphatic rings. The van der Waals surface area contributed by atoms with Gasteiger partial charge in [0.2, 0.25) is 5.79 Å². The van der Waals surface area contributed by atoms with E-state index in [1.165, 1.54) is 0 Å². The van der Waals surface area contributed by atoms with Gasteiger partial charge in [-0.05, 0) is 0 Å². The van der Waals surface area contributed by atoms with E-state index in [1.54, 1.807) is 0 Å². The van der Waals surface area contributed by atoms with E-state index in [1.807, 2.05) is 4.98 Å². The van der Waals surface area contributed by atoms with Gasteiger partial charge in [0, 0.05) is 19.4 Å². The Morgan fingerprint density at radius 3 is 2.77 bits per heavy atom. The number of aromatic amines is 1. The highest BCUT2D eigenvalue weighted by molar-refractivity contribution is 7.32. The van der Waals surface area contributed by atoms with Crippen LogP contribution in [0.1, 0.15) is 6.23 Å². The monoisotopic (exact) mass is 340 g/mol. The minimum absolute atomic E-state index is 0.692. The normalized spacial score (nSPS) is 33.0. The maximum absolute atomic E-state index is 14.5. The molecule has 1 saturated heterocycles. The number of aliphatic hydroxyl groups excluding tert-OH is 1. The zero-order chi connectivity index (χ0) is 16.5. The molecule has 5 atom stereocenters. The summed E-state index contributed by atoms with van der Waals surface area (Å²) in [6.45, 7) is -0.891. The molecule has 10 nitrogen and oxygen atoms in total. The third-order valence-electron chi connectivity index (χ3n) is 3.23. The van der Waals surface area contributed by atoms with E-state index in [-0.39, 0.29) is 0 Å². The van der Waals surface area contributed by atoms with Crippen molar-refractivity contribution in [3.63, 3.8) is 0 Å². The first kappa shape index (κ1) is 17.0. The lowest BCUT2D eigenvalue weighted by molar-refractivity contribution is -0.266. The van der Waals surface area contributed by atoms with Gasteiger partial charge < -0.3 is 19.5 Å². The SMILES string of the molecule is CO[C@]1(CO)O[C@@H](n2ccc(=O)[nH]c2=O)[C@@H](F)C1O[PH](=O)O. The minimum Gasteiger partial charge on any atom is -0.391 e. The maximum Gasteiger partial charge on any atom is 0.330 e. The molecule has 124 valence electrons. The molecule has 0 bridgehead atoms. The van der Waals surface area contributed by atoms with Crippen LogP contribution in [0, 0.1) is 0 Å². The van der Waals surface area contributed by atoms with Crippen molar-refractivity contribution in [1.29, 1.82) is 0 Å². The lowest BCUT2D eigenvalue weighted by atomic mass is 10.1. The molecule has 1 aromatic heterocycles. The number of methoxy groups -OCH3 is 1. The van der Waals surface area contributed by atoms with E-state index >= 15 is 0 Å². The number of H-pyrrole nitrogens is 1. The Kier molecular flexibility index (Phi) is 4.95. The number of hydrogen-bond donors (Lipinski definition) is 3. The molecule has 2 rings (SSSR count). The summed E-state index contributed by atoms with van der Waals surface area (Å²) in [5, 5.41) is 9.38. The molecule has 0 radical (unpaired) electrons. The second-order valence-corrected chi connectivity index (χ2v) is 5.22. The van der Waals surface area contributed by atoms with Gasteiger partial charge in [0.25, 0.3) is 5.56 Å². The van der Waals surface area contributed by atoms with Gasteiger partial charge >= 0.3 is 13.9 Å². The fraction of sp³-hybridized carbons (Fsp3) is 0.600. The zero-order valence-electron chi connectivity index (χ0n) is 11.3. The van der Waals surface area contributed by atoms with Gasteiger partial charge in [-0.15, -0.1) is 0 Å². The van der Waals surface area contributed by atoms with Gasteiger partial charge in [-0.25, -0.2) is 9.18 Å². The van der Waals surface area contributed by atoms with Gasteiger partial charge in [0.15, 0.2) is 18.5 Å². The average molecular weight is 340 g/mol. The van der Waals surface area contributed by atoms with E-state index in [2.05, 4.69) is 4.52 Å². The topological polar surface area (TPSA) is 140 Å². The molecular weight excluding hydrogens is 326 g/mol. The molecule has 1 aromatic rings. The van der Waals surface area contributed by atoms with Crippen LogP contribution < -0.4 is 11.2 Å². The van der Waals surface area contributed by atoms with Crippen molar-refractivity contribution >= 4 is 8.25 Å². The van der Waals surface area contributed by atoms with E-state index in [0.29, 0.717) is 4.57 Å². The molecule has 2 heterocycles. The fourth-order valence-corrected chi connectivity index (χ4v) is 2.71. The molecule has 3 N–H and O–H groups in total. The smallest absolute Gasteiger partial charge is 0.330 e. The fourth-order valence-electron chi connectivity index (χ4n) is 2.19. The summed E-state index contributed by atoms with van der Waals surface area (Å²) >= 11 is 0. The second kappa shape index (κ2) is 6.41. The van der Waals surface area contributed by atoms with Crippen LogP contribution in [0.3, 0.4) is 0 Å². The van der Waals surface area contributed by atoms with E-state index in [0.717, 1.165) is 19.4 Å². The summed E-state index contributed by atoms with van der Waals surface area (Å²) in [6.07, 6.45) is -4.50. The van der Waals surface area contributed by atoms with E-state index in [4.69, 9.17) is 14.4 Å². The van der Waals surface area contributed by atoms with Crippen LogP contribution in [0.2, 0.25) is 0 Å². The van der Waals surface area contributed by atoms with Gasteiger partial charge in [-0.1, -0.05) is 0 Å². The third-order valence-corrected chi connectivity index (χ3v) is 3.69. The lowest BCUT2D eigenvalue weighted by Crippen LogP contribution is -2.47. The Morgan fingerprint density at radius 2 is 2.27 bits per heavy atom. The first-order valence-electron chi connectivity index (χ1n) is 6.03. The highest BCUT2D eigenvalue weighted by Gasteiger charge is 2.59. The number of nitrogens with zero attached hydrogens (tertiary/aromatic N) is 1. The third kappa shape index (κ3) is 2.91. The summed E-state index contributed by atoms with van der Waals surface area (Å²) in [4.78, 5) is 33.5. The standard InChI is InChI=1S/C10H14FN2O8P/c1-19-10(4-14)7(21-22(17)18)6(11)8(20-10)13-3-2-5(15)12-9(13)16/h2-3,6-8,14,22H,4H2,1H3,(H,17,18)(H,12,15,16)/t6-,7?,8+,10+/m0/s1. The largest absolute Gasteiger partial charge is 0.391 e. The Balaban J connectivity index is 2.45. The number of rotatable bonds is 5. The Hall–Kier alpha value is -1.36. The predicted octanol–water partition coefficient (Wildman–Crippen LogP) is -1.49. The summed E-state index contributed by atoms with van der Waals surface area (Å²) in [5.74, 6) is -2.07. The number of aliphatic hydroxyl groups is 1. The van der Waals surface area contributed by atoms with Crippen molar-refractivity contribution < 1.29 is 33.0 Å². The molecule has 1 fully saturated rings. The lowest BCUT2D eigenvalue weighted by Gasteiger charge is -2.29. The van der Waals surface area contributed by atoms with Crippen LogP contribution in [-0.2, 0) is 18.6 Å². The summed E-state index contributed by atoms with van der Waals surface area (Å²) in [6, 6.07) is 0.966. The van der Waals surface area contributed by atoms with Gasteiger partial charge in [0.1, 0.15) is 6.61 Å². The number of alkyl halides is 1. The van der Waals surface area contributed by atoms with Crippen LogP contribution in [0.5, 0.6) is 0 Å². The minimum atomic E-state index is -3.57. The molecule has 0 saturated carbocycles. The summed E-state index contributed by atoms with van der Waals surface area (Å²) in [5.41, 5.74) is -1.65. The number of halogens is 1. The quantitative estimate of drug-likeness (QED) is 0.551. The average Bonchev–Trinajstić information content (AvgIpc) is 2.73. The number of aromatic nitrogens is 2. The highest BCUT2D eigenvalue weighted by atomic mass is 31.1. The Bertz CT molecular complexity index is 671. The Labute approximate surface area is 123 Å². The molecule has 22 heavy (non-hydrogen) atoms. The molecule has 12 heteroatoms. The summed E-state index contributed by atoms with van der Waals surface area (Å²) in [7, 11) is -2.49. The predicted molar refractivity (Wildman–Crippen MR) is 69.3 cm³/mol. The van der Waals surface area contributed by atoms with Gasteiger partial charge in [0.05, 0.1) is 0 Å². The highest BCUT2D eigenvalue weighted by Crippen LogP contribution is 2.43. The molecule has 2 unspecified atom stereocenters. The first-order chi connectivity index (χ1) is 10.3. The molecule has 0 aromatic carbocycles. The van der Waals surface area contributed by atoms with Crippen LogP contribution in [0.15, 0.2) is 21.9 Å². The van der Waals surface area contributed by atoms with Crippen molar-refractivity contribution in [1.82, 2.24) is 9.55 Å². The zero-order valence-corrected chi connectivity index (χ0v) is 12.3. The van der Waals surface area contributed by atoms with Crippen molar-refractivity contribution in [2.75, 3.05) is 13.7 Å². The molecule has 1 aliphatic heterocycles. The van der Waals surface area contributed by atoms with Crippen LogP contribution >= 0.6 is 8.25 Å². The van der Waals surface area contributed by atoms with Crippen LogP contribution in [-0.4, -0.2) is 51.3 Å². The van der Waals surface area contributed by atoms with E-state index in [9.17, 15) is 23.7 Å². The summed E-state index contributed by atoms with van der Waals surface area (Å²) < 4.78 is 40.8. The van der Waals surface area contributed by atoms with Crippen molar-refractivity contribution in [3.05, 3.63) is 33.1 Å². The van der Waals surface area contributed by atoms with Crippen molar-refractivity contribution in [2.45, 2.75) is 24.3 Å². The van der Waals surface area contributed by atoms with Crippen molar-refractivity contribution in [2.24, 2.45) is 0 Å². The first-order valence-corrected chi connectivity index (χ1v) is 7.30.